The average Bonchev–Trinajstić information content (AvgIpc) is 3.15. The van der Waals surface area contributed by atoms with E-state index in [2.05, 4.69) is 24.1 Å². The molecule has 24 heavy (non-hydrogen) atoms. The van der Waals surface area contributed by atoms with Gasteiger partial charge in [0.2, 0.25) is 11.8 Å². The molecule has 3 aliphatic heterocycles. The van der Waals surface area contributed by atoms with E-state index in [0.717, 1.165) is 38.9 Å². The largest absolute Gasteiger partial charge is 0.381 e. The number of rotatable bonds is 5. The first-order chi connectivity index (χ1) is 11.5. The van der Waals surface area contributed by atoms with E-state index in [1.807, 2.05) is 4.90 Å². The van der Waals surface area contributed by atoms with Crippen LogP contribution >= 0.6 is 0 Å². The summed E-state index contributed by atoms with van der Waals surface area (Å²) in [4.78, 5) is 29.3. The highest BCUT2D eigenvalue weighted by atomic mass is 16.5. The van der Waals surface area contributed by atoms with Crippen LogP contribution in [0.3, 0.4) is 0 Å². The second-order valence-electron chi connectivity index (χ2n) is 7.79. The molecule has 136 valence electrons. The Kier molecular flexibility index (Phi) is 5.45. The van der Waals surface area contributed by atoms with Crippen LogP contribution in [0.1, 0.15) is 46.0 Å². The lowest BCUT2D eigenvalue weighted by molar-refractivity contribution is -0.130. The van der Waals surface area contributed by atoms with Crippen molar-refractivity contribution in [3.05, 3.63) is 0 Å². The number of nitrogens with one attached hydrogen (secondary N) is 1. The molecule has 3 heterocycles. The summed E-state index contributed by atoms with van der Waals surface area (Å²) >= 11 is 0. The fourth-order valence-electron chi connectivity index (χ4n) is 4.24. The number of hydrogen-bond acceptors (Lipinski definition) is 4. The molecule has 0 aromatic carbocycles. The highest BCUT2D eigenvalue weighted by Crippen LogP contribution is 2.25. The monoisotopic (exact) mass is 337 g/mol. The molecule has 2 amide bonds. The third-order valence-corrected chi connectivity index (χ3v) is 5.94. The highest BCUT2D eigenvalue weighted by molar-refractivity contribution is 5.89. The van der Waals surface area contributed by atoms with Crippen LogP contribution in [0.25, 0.3) is 0 Å². The molecular weight excluding hydrogens is 306 g/mol. The molecule has 3 aliphatic rings. The summed E-state index contributed by atoms with van der Waals surface area (Å²) in [6.45, 7) is 9.17. The minimum atomic E-state index is -0.200. The summed E-state index contributed by atoms with van der Waals surface area (Å²) in [7, 11) is 0. The van der Waals surface area contributed by atoms with E-state index >= 15 is 0 Å². The molecule has 3 rings (SSSR count). The molecule has 0 radical (unpaired) electrons. The van der Waals surface area contributed by atoms with Gasteiger partial charge in [0.1, 0.15) is 0 Å². The summed E-state index contributed by atoms with van der Waals surface area (Å²) in [5.74, 6) is -0.0297. The van der Waals surface area contributed by atoms with Crippen molar-refractivity contribution >= 4 is 11.8 Å². The van der Waals surface area contributed by atoms with Gasteiger partial charge in [0.25, 0.3) is 0 Å². The first-order valence-electron chi connectivity index (χ1n) is 9.42. The predicted molar refractivity (Wildman–Crippen MR) is 91.6 cm³/mol. The topological polar surface area (TPSA) is 61.9 Å². The number of nitrogens with zero attached hydrogens (tertiary/aromatic N) is 2. The molecule has 0 aromatic rings. The Balaban J connectivity index is 1.53. The number of amides is 2. The summed E-state index contributed by atoms with van der Waals surface area (Å²) in [6.07, 6.45) is 4.42. The van der Waals surface area contributed by atoms with E-state index < -0.39 is 0 Å². The van der Waals surface area contributed by atoms with Gasteiger partial charge >= 0.3 is 0 Å². The van der Waals surface area contributed by atoms with Gasteiger partial charge in [0.05, 0.1) is 5.92 Å². The van der Waals surface area contributed by atoms with Crippen molar-refractivity contribution in [2.75, 3.05) is 39.4 Å². The Morgan fingerprint density at radius 3 is 2.83 bits per heavy atom. The summed E-state index contributed by atoms with van der Waals surface area (Å²) < 4.78 is 5.38. The van der Waals surface area contributed by atoms with Crippen molar-refractivity contribution < 1.29 is 14.3 Å². The lowest BCUT2D eigenvalue weighted by atomic mass is 9.91. The van der Waals surface area contributed by atoms with Gasteiger partial charge in [-0.2, -0.15) is 0 Å². The van der Waals surface area contributed by atoms with E-state index in [9.17, 15) is 9.59 Å². The zero-order chi connectivity index (χ0) is 17.2. The zero-order valence-electron chi connectivity index (χ0n) is 15.1. The third kappa shape index (κ3) is 3.91. The smallest absolute Gasteiger partial charge is 0.225 e. The van der Waals surface area contributed by atoms with Crippen LogP contribution in [0.15, 0.2) is 0 Å². The first-order valence-corrected chi connectivity index (χ1v) is 9.42. The second kappa shape index (κ2) is 7.40. The number of hydrogen-bond donors (Lipinski definition) is 1. The molecule has 0 saturated carbocycles. The van der Waals surface area contributed by atoms with Gasteiger partial charge in [0.15, 0.2) is 0 Å². The molecule has 2 atom stereocenters. The summed E-state index contributed by atoms with van der Waals surface area (Å²) in [5.41, 5.74) is -0.184. The van der Waals surface area contributed by atoms with Crippen LogP contribution in [0.4, 0.5) is 0 Å². The van der Waals surface area contributed by atoms with E-state index in [1.54, 1.807) is 0 Å². The molecular formula is C18H31N3O3. The zero-order valence-corrected chi connectivity index (χ0v) is 15.1. The van der Waals surface area contributed by atoms with Gasteiger partial charge in [-0.1, -0.05) is 6.92 Å². The first kappa shape index (κ1) is 17.7. The SMILES string of the molecule is CCN1CCCC1CN1CC(C(=O)NC2(C)CCOCC2)CC1=O. The fraction of sp³-hybridized carbons (Fsp3) is 0.889. The van der Waals surface area contributed by atoms with E-state index in [1.165, 1.54) is 6.42 Å². The maximum absolute atomic E-state index is 12.6. The van der Waals surface area contributed by atoms with Gasteiger partial charge in [0, 0.05) is 44.3 Å². The van der Waals surface area contributed by atoms with Crippen molar-refractivity contribution in [2.45, 2.75) is 57.5 Å². The van der Waals surface area contributed by atoms with Crippen LogP contribution in [-0.2, 0) is 14.3 Å². The molecule has 2 unspecified atom stereocenters. The molecule has 3 saturated heterocycles. The second-order valence-corrected chi connectivity index (χ2v) is 7.79. The van der Waals surface area contributed by atoms with E-state index in [4.69, 9.17) is 4.74 Å². The van der Waals surface area contributed by atoms with Crippen molar-refractivity contribution in [3.8, 4) is 0 Å². The number of carbonyl (C=O) groups excluding carboxylic acids is 2. The number of likely N-dealkylation sites (N-methyl/N-ethyl adjacent to an activating group) is 1. The lowest BCUT2D eigenvalue weighted by Crippen LogP contribution is -2.51. The summed E-state index contributed by atoms with van der Waals surface area (Å²) in [6, 6.07) is 0.466. The molecule has 6 nitrogen and oxygen atoms in total. The van der Waals surface area contributed by atoms with Gasteiger partial charge in [-0.15, -0.1) is 0 Å². The molecule has 1 N–H and O–H groups in total. The Labute approximate surface area is 144 Å². The standard InChI is InChI=1S/C18H31N3O3/c1-3-20-8-4-5-15(20)13-21-12-14(11-16(21)22)17(23)19-18(2)6-9-24-10-7-18/h14-15H,3-13H2,1-2H3,(H,19,23). The van der Waals surface area contributed by atoms with Gasteiger partial charge in [-0.05, 0) is 45.7 Å². The van der Waals surface area contributed by atoms with Crippen molar-refractivity contribution in [3.63, 3.8) is 0 Å². The molecule has 0 bridgehead atoms. The Hall–Kier alpha value is -1.14. The van der Waals surface area contributed by atoms with Crippen LogP contribution in [-0.4, -0.2) is 72.6 Å². The van der Waals surface area contributed by atoms with Gasteiger partial charge in [-0.3, -0.25) is 14.5 Å². The van der Waals surface area contributed by atoms with Crippen LogP contribution in [0, 0.1) is 5.92 Å². The predicted octanol–water partition coefficient (Wildman–Crippen LogP) is 1.00. The third-order valence-electron chi connectivity index (χ3n) is 5.94. The normalized spacial score (nSPS) is 30.8. The maximum Gasteiger partial charge on any atom is 0.225 e. The Morgan fingerprint density at radius 1 is 1.38 bits per heavy atom. The average molecular weight is 337 g/mol. The maximum atomic E-state index is 12.6. The molecule has 6 heteroatoms. The Morgan fingerprint density at radius 2 is 2.12 bits per heavy atom. The molecule has 0 aromatic heterocycles. The van der Waals surface area contributed by atoms with Crippen molar-refractivity contribution in [1.29, 1.82) is 0 Å². The number of ether oxygens (including phenoxy) is 1. The molecule has 0 spiro atoms. The van der Waals surface area contributed by atoms with Gasteiger partial charge < -0.3 is 15.0 Å². The van der Waals surface area contributed by atoms with Crippen molar-refractivity contribution in [2.24, 2.45) is 5.92 Å². The van der Waals surface area contributed by atoms with Crippen molar-refractivity contribution in [1.82, 2.24) is 15.1 Å². The van der Waals surface area contributed by atoms with Crippen LogP contribution < -0.4 is 5.32 Å². The quantitative estimate of drug-likeness (QED) is 0.813. The molecule has 3 fully saturated rings. The summed E-state index contributed by atoms with van der Waals surface area (Å²) in [5, 5.41) is 3.18. The van der Waals surface area contributed by atoms with Crippen LogP contribution in [0.2, 0.25) is 0 Å². The Bertz CT molecular complexity index is 476. The minimum absolute atomic E-state index is 0.0361. The lowest BCUT2D eigenvalue weighted by Gasteiger charge is -2.35. The van der Waals surface area contributed by atoms with E-state index in [-0.39, 0.29) is 23.3 Å². The van der Waals surface area contributed by atoms with Gasteiger partial charge in [-0.25, -0.2) is 0 Å². The van der Waals surface area contributed by atoms with E-state index in [0.29, 0.717) is 32.2 Å². The number of likely N-dealkylation sites (tertiary alicyclic amines) is 2. The minimum Gasteiger partial charge on any atom is -0.381 e. The molecule has 0 aliphatic carbocycles. The highest BCUT2D eigenvalue weighted by Gasteiger charge is 2.39. The number of carbonyl (C=O) groups is 2. The van der Waals surface area contributed by atoms with Crippen LogP contribution in [0.5, 0.6) is 0 Å². The fourth-order valence-corrected chi connectivity index (χ4v) is 4.24.